The third-order valence-electron chi connectivity index (χ3n) is 5.69. The van der Waals surface area contributed by atoms with Crippen LogP contribution in [0.5, 0.6) is 0 Å². The maximum absolute atomic E-state index is 12.6. The summed E-state index contributed by atoms with van der Waals surface area (Å²) in [5, 5.41) is 4.16. The van der Waals surface area contributed by atoms with Crippen molar-refractivity contribution in [3.63, 3.8) is 0 Å². The molecule has 1 unspecified atom stereocenters. The molecule has 2 amide bonds. The van der Waals surface area contributed by atoms with Crippen LogP contribution in [0.2, 0.25) is 0 Å². The van der Waals surface area contributed by atoms with Crippen LogP contribution in [0.15, 0.2) is 12.3 Å². The monoisotopic (exact) mass is 346 g/mol. The third kappa shape index (κ3) is 3.05. The van der Waals surface area contributed by atoms with E-state index in [1.54, 1.807) is 16.9 Å². The topological polar surface area (TPSA) is 67.7 Å². The van der Waals surface area contributed by atoms with Crippen molar-refractivity contribution in [3.8, 4) is 0 Å². The van der Waals surface area contributed by atoms with Crippen LogP contribution in [0.3, 0.4) is 0 Å². The molecule has 3 aliphatic rings. The van der Waals surface area contributed by atoms with Gasteiger partial charge < -0.3 is 14.5 Å². The van der Waals surface area contributed by atoms with Crippen molar-refractivity contribution >= 4 is 11.8 Å². The first-order chi connectivity index (χ1) is 12.1. The lowest BCUT2D eigenvalue weighted by Gasteiger charge is -2.47. The number of likely N-dealkylation sites (tertiary alicyclic amines) is 2. The molecular weight excluding hydrogens is 320 g/mol. The van der Waals surface area contributed by atoms with Crippen molar-refractivity contribution in [3.05, 3.63) is 18.0 Å². The number of ether oxygens (including phenoxy) is 1. The summed E-state index contributed by atoms with van der Waals surface area (Å²) in [7, 11) is 0. The fourth-order valence-electron chi connectivity index (χ4n) is 4.35. The molecule has 136 valence electrons. The summed E-state index contributed by atoms with van der Waals surface area (Å²) in [5.41, 5.74) is 0.402. The molecule has 0 N–H and O–H groups in total. The van der Waals surface area contributed by atoms with Crippen LogP contribution in [0.4, 0.5) is 0 Å². The van der Waals surface area contributed by atoms with E-state index in [1.807, 2.05) is 16.7 Å². The van der Waals surface area contributed by atoms with Gasteiger partial charge >= 0.3 is 0 Å². The van der Waals surface area contributed by atoms with E-state index in [2.05, 4.69) is 5.10 Å². The molecule has 4 heterocycles. The lowest BCUT2D eigenvalue weighted by Crippen LogP contribution is -2.63. The summed E-state index contributed by atoms with van der Waals surface area (Å²) < 4.78 is 7.74. The first-order valence-electron chi connectivity index (χ1n) is 9.33. The molecule has 3 saturated heterocycles. The molecule has 0 radical (unpaired) electrons. The lowest BCUT2D eigenvalue weighted by atomic mass is 9.85. The molecule has 25 heavy (non-hydrogen) atoms. The van der Waals surface area contributed by atoms with Crippen molar-refractivity contribution < 1.29 is 14.3 Å². The largest absolute Gasteiger partial charge is 0.371 e. The van der Waals surface area contributed by atoms with E-state index >= 15 is 0 Å². The van der Waals surface area contributed by atoms with Gasteiger partial charge in [-0.2, -0.15) is 5.10 Å². The first kappa shape index (κ1) is 16.6. The molecule has 0 aliphatic carbocycles. The number of hydrogen-bond donors (Lipinski definition) is 0. The average Bonchev–Trinajstić information content (AvgIpc) is 3.31. The Morgan fingerprint density at radius 3 is 2.76 bits per heavy atom. The quantitative estimate of drug-likeness (QED) is 0.820. The number of hydrogen-bond acceptors (Lipinski definition) is 4. The van der Waals surface area contributed by atoms with Gasteiger partial charge in [-0.15, -0.1) is 0 Å². The minimum Gasteiger partial charge on any atom is -0.371 e. The molecule has 3 fully saturated rings. The number of rotatable bonds is 4. The summed E-state index contributed by atoms with van der Waals surface area (Å²) in [6.07, 6.45) is 5.38. The van der Waals surface area contributed by atoms with Gasteiger partial charge in [-0.05, 0) is 38.2 Å². The number of amides is 2. The highest BCUT2D eigenvalue weighted by Gasteiger charge is 2.51. The molecule has 1 spiro atoms. The van der Waals surface area contributed by atoms with Crippen LogP contribution in [0.25, 0.3) is 0 Å². The number of carbonyl (C=O) groups is 2. The second-order valence-electron chi connectivity index (χ2n) is 7.55. The Kier molecular flexibility index (Phi) is 4.27. The number of carbonyl (C=O) groups excluding carboxylic acids is 2. The summed E-state index contributed by atoms with van der Waals surface area (Å²) in [4.78, 5) is 28.7. The van der Waals surface area contributed by atoms with Gasteiger partial charge in [0.25, 0.3) is 5.91 Å². The Balaban J connectivity index is 1.30. The van der Waals surface area contributed by atoms with Gasteiger partial charge in [0.15, 0.2) is 0 Å². The minimum absolute atomic E-state index is 0.0187. The van der Waals surface area contributed by atoms with Crippen molar-refractivity contribution in [1.82, 2.24) is 19.6 Å². The lowest BCUT2D eigenvalue weighted by molar-refractivity contribution is -0.131. The number of aryl methyl sites for hydroxylation is 1. The highest BCUT2D eigenvalue weighted by molar-refractivity contribution is 5.93. The zero-order chi connectivity index (χ0) is 17.4. The van der Waals surface area contributed by atoms with Crippen LogP contribution >= 0.6 is 0 Å². The molecule has 0 saturated carbocycles. The fraction of sp³-hybridized carbons (Fsp3) is 0.722. The fourth-order valence-corrected chi connectivity index (χ4v) is 4.35. The van der Waals surface area contributed by atoms with E-state index in [0.29, 0.717) is 38.4 Å². The Hall–Kier alpha value is -1.89. The van der Waals surface area contributed by atoms with Gasteiger partial charge in [0.1, 0.15) is 11.3 Å². The summed E-state index contributed by atoms with van der Waals surface area (Å²) in [6.45, 7) is 6.35. The number of aromatic nitrogens is 2. The van der Waals surface area contributed by atoms with Crippen LogP contribution < -0.4 is 0 Å². The average molecular weight is 346 g/mol. The molecule has 0 bridgehead atoms. The predicted octanol–water partition coefficient (Wildman–Crippen LogP) is 1.15. The van der Waals surface area contributed by atoms with Crippen molar-refractivity contribution in [2.45, 2.75) is 44.8 Å². The van der Waals surface area contributed by atoms with Crippen LogP contribution in [-0.2, 0) is 16.1 Å². The molecule has 7 heteroatoms. The van der Waals surface area contributed by atoms with E-state index < -0.39 is 0 Å². The Morgan fingerprint density at radius 2 is 2.04 bits per heavy atom. The maximum atomic E-state index is 12.6. The van der Waals surface area contributed by atoms with Crippen molar-refractivity contribution in [2.75, 3.05) is 32.8 Å². The Morgan fingerprint density at radius 1 is 1.28 bits per heavy atom. The molecule has 1 aromatic heterocycles. The van der Waals surface area contributed by atoms with E-state index in [-0.39, 0.29) is 23.3 Å². The summed E-state index contributed by atoms with van der Waals surface area (Å²) >= 11 is 0. The standard InChI is InChI=1S/C18H26N4O3/c1-2-22-15(5-6-19-22)17(24)21-12-18(13-21)10-14(11-25-18)9-16(23)20-7-3-4-8-20/h5-6,14H,2-4,7-13H2,1H3. The molecule has 7 nitrogen and oxygen atoms in total. The smallest absolute Gasteiger partial charge is 0.272 e. The van der Waals surface area contributed by atoms with Crippen molar-refractivity contribution in [2.24, 2.45) is 5.92 Å². The Labute approximate surface area is 147 Å². The van der Waals surface area contributed by atoms with Gasteiger partial charge in [0.2, 0.25) is 5.91 Å². The van der Waals surface area contributed by atoms with Crippen molar-refractivity contribution in [1.29, 1.82) is 0 Å². The second kappa shape index (κ2) is 6.44. The zero-order valence-electron chi connectivity index (χ0n) is 14.8. The SMILES string of the molecule is CCn1nccc1C(=O)N1CC2(CC(CC(=O)N3CCCC3)CO2)C1. The normalized spacial score (nSPS) is 24.8. The van der Waals surface area contributed by atoms with Gasteiger partial charge in [0, 0.05) is 32.3 Å². The van der Waals surface area contributed by atoms with Crippen LogP contribution in [0, 0.1) is 5.92 Å². The Bertz CT molecular complexity index is 659. The number of nitrogens with zero attached hydrogens (tertiary/aromatic N) is 4. The molecule has 4 rings (SSSR count). The third-order valence-corrected chi connectivity index (χ3v) is 5.69. The van der Waals surface area contributed by atoms with E-state index in [1.165, 1.54) is 0 Å². The molecule has 3 aliphatic heterocycles. The molecule has 1 atom stereocenters. The zero-order valence-corrected chi connectivity index (χ0v) is 14.8. The molecule has 0 aromatic carbocycles. The van der Waals surface area contributed by atoms with Gasteiger partial charge in [0.05, 0.1) is 19.7 Å². The highest BCUT2D eigenvalue weighted by Crippen LogP contribution is 2.39. The van der Waals surface area contributed by atoms with Gasteiger partial charge in [-0.3, -0.25) is 14.3 Å². The van der Waals surface area contributed by atoms with Gasteiger partial charge in [-0.25, -0.2) is 0 Å². The molecular formula is C18H26N4O3. The second-order valence-corrected chi connectivity index (χ2v) is 7.55. The van der Waals surface area contributed by atoms with Crippen LogP contribution in [0.1, 0.15) is 43.1 Å². The molecule has 1 aromatic rings. The summed E-state index contributed by atoms with van der Waals surface area (Å²) in [6, 6.07) is 1.77. The maximum Gasteiger partial charge on any atom is 0.272 e. The van der Waals surface area contributed by atoms with E-state index in [9.17, 15) is 9.59 Å². The van der Waals surface area contributed by atoms with E-state index in [0.717, 1.165) is 32.4 Å². The first-order valence-corrected chi connectivity index (χ1v) is 9.33. The summed E-state index contributed by atoms with van der Waals surface area (Å²) in [5.74, 6) is 0.568. The highest BCUT2D eigenvalue weighted by atomic mass is 16.5. The minimum atomic E-state index is -0.233. The predicted molar refractivity (Wildman–Crippen MR) is 91.0 cm³/mol. The van der Waals surface area contributed by atoms with E-state index in [4.69, 9.17) is 4.74 Å². The van der Waals surface area contributed by atoms with Gasteiger partial charge in [-0.1, -0.05) is 0 Å². The van der Waals surface area contributed by atoms with Crippen LogP contribution in [-0.4, -0.2) is 69.8 Å².